The Kier molecular flexibility index (Phi) is 4.57. The van der Waals surface area contributed by atoms with Crippen LogP contribution in [0, 0.1) is 0 Å². The highest BCUT2D eigenvalue weighted by molar-refractivity contribution is 6.07. The summed E-state index contributed by atoms with van der Waals surface area (Å²) >= 11 is 0. The van der Waals surface area contributed by atoms with Gasteiger partial charge in [-0.2, -0.15) is 0 Å². The van der Waals surface area contributed by atoms with Crippen LogP contribution in [-0.4, -0.2) is 0 Å². The quantitative estimate of drug-likeness (QED) is 0.187. The lowest BCUT2D eigenvalue weighted by atomic mass is 9.70. The molecule has 0 saturated heterocycles. The van der Waals surface area contributed by atoms with E-state index >= 15 is 0 Å². The molecule has 0 saturated carbocycles. The minimum atomic E-state index is -0.373. The lowest BCUT2D eigenvalue weighted by molar-refractivity contribution is 0.489. The first-order valence-electron chi connectivity index (χ1n) is 16.0. The molecule has 8 aromatic rings. The van der Waals surface area contributed by atoms with Crippen molar-refractivity contribution in [2.24, 2.45) is 0 Å². The molecule has 0 radical (unpaired) electrons. The van der Waals surface area contributed by atoms with Crippen LogP contribution in [0.2, 0.25) is 0 Å². The second-order valence-electron chi connectivity index (χ2n) is 12.8. The number of ether oxygens (including phenoxy) is 1. The largest absolute Gasteiger partial charge is 0.455 e. The van der Waals surface area contributed by atoms with Gasteiger partial charge in [0.1, 0.15) is 11.5 Å². The van der Waals surface area contributed by atoms with E-state index in [1.165, 1.54) is 77.2 Å². The predicted molar refractivity (Wildman–Crippen MR) is 189 cm³/mol. The molecule has 0 bridgehead atoms. The molecule has 1 nitrogen and oxygen atoms in total. The van der Waals surface area contributed by atoms with Crippen LogP contribution in [0.4, 0.5) is 0 Å². The van der Waals surface area contributed by atoms with Crippen LogP contribution in [-0.2, 0) is 5.41 Å². The van der Waals surface area contributed by atoms with Crippen molar-refractivity contribution in [1.82, 2.24) is 0 Å². The van der Waals surface area contributed by atoms with Crippen molar-refractivity contribution in [1.29, 1.82) is 0 Å². The van der Waals surface area contributed by atoms with Gasteiger partial charge >= 0.3 is 0 Å². The van der Waals surface area contributed by atoms with Crippen molar-refractivity contribution in [2.45, 2.75) is 5.41 Å². The third-order valence-electron chi connectivity index (χ3n) is 10.7. The standard InChI is InChI=1S/C45H26O/c1-2-13-30-27(10-1)22-25-40-43(30)35-15-4-6-20-38(35)45(40)37-19-5-3-14-32(37)36-26-29(23-24-39(36)45)31-16-9-18-34-33-17-7-11-28-12-8-21-41(42(28)33)46-44(31)34/h1-26H. The van der Waals surface area contributed by atoms with E-state index in [4.69, 9.17) is 4.74 Å². The second-order valence-corrected chi connectivity index (χ2v) is 12.8. The summed E-state index contributed by atoms with van der Waals surface area (Å²) in [7, 11) is 0. The van der Waals surface area contributed by atoms with Crippen molar-refractivity contribution >= 4 is 21.5 Å². The van der Waals surface area contributed by atoms with Crippen molar-refractivity contribution in [3.63, 3.8) is 0 Å². The van der Waals surface area contributed by atoms with Gasteiger partial charge in [-0.05, 0) is 83.9 Å². The van der Waals surface area contributed by atoms with Gasteiger partial charge in [0.25, 0.3) is 0 Å². The average molecular weight is 583 g/mol. The van der Waals surface area contributed by atoms with Gasteiger partial charge < -0.3 is 4.74 Å². The molecule has 0 aromatic heterocycles. The fourth-order valence-electron chi connectivity index (χ4n) is 8.89. The highest BCUT2D eigenvalue weighted by Crippen LogP contribution is 2.64. The molecule has 46 heavy (non-hydrogen) atoms. The monoisotopic (exact) mass is 582 g/mol. The molecular formula is C45H26O. The third kappa shape index (κ3) is 2.87. The van der Waals surface area contributed by atoms with E-state index in [9.17, 15) is 0 Å². The van der Waals surface area contributed by atoms with Crippen LogP contribution in [0.15, 0.2) is 158 Å². The Morgan fingerprint density at radius 3 is 1.93 bits per heavy atom. The predicted octanol–water partition coefficient (Wildman–Crippen LogP) is 11.8. The van der Waals surface area contributed by atoms with Crippen LogP contribution < -0.4 is 4.74 Å². The Hall–Kier alpha value is -5.92. The molecule has 212 valence electrons. The van der Waals surface area contributed by atoms with Crippen LogP contribution in [0.5, 0.6) is 11.5 Å². The summed E-state index contributed by atoms with van der Waals surface area (Å²) in [4.78, 5) is 0. The topological polar surface area (TPSA) is 9.23 Å². The molecule has 11 rings (SSSR count). The van der Waals surface area contributed by atoms with E-state index in [2.05, 4.69) is 158 Å². The summed E-state index contributed by atoms with van der Waals surface area (Å²) in [6.45, 7) is 0. The summed E-state index contributed by atoms with van der Waals surface area (Å²) in [6, 6.07) is 58.2. The Bertz CT molecular complexity index is 2620. The average Bonchev–Trinajstić information content (AvgIpc) is 3.59. The highest BCUT2D eigenvalue weighted by atomic mass is 16.5. The summed E-state index contributed by atoms with van der Waals surface area (Å²) in [5, 5.41) is 4.98. The minimum Gasteiger partial charge on any atom is -0.455 e. The summed E-state index contributed by atoms with van der Waals surface area (Å²) in [6.07, 6.45) is 0. The lowest BCUT2D eigenvalue weighted by Crippen LogP contribution is -2.25. The first-order valence-corrected chi connectivity index (χ1v) is 16.0. The van der Waals surface area contributed by atoms with Crippen LogP contribution in [0.1, 0.15) is 22.3 Å². The van der Waals surface area contributed by atoms with Gasteiger partial charge in [0.15, 0.2) is 0 Å². The Balaban J connectivity index is 1.18. The summed E-state index contributed by atoms with van der Waals surface area (Å²) in [5.41, 5.74) is 15.0. The zero-order chi connectivity index (χ0) is 30.0. The van der Waals surface area contributed by atoms with Gasteiger partial charge in [0.2, 0.25) is 0 Å². The molecule has 1 unspecified atom stereocenters. The minimum absolute atomic E-state index is 0.373. The van der Waals surface area contributed by atoms with Crippen molar-refractivity contribution in [3.8, 4) is 56.0 Å². The molecule has 0 fully saturated rings. The van der Waals surface area contributed by atoms with Crippen molar-refractivity contribution < 1.29 is 4.74 Å². The maximum Gasteiger partial charge on any atom is 0.143 e. The van der Waals surface area contributed by atoms with Crippen LogP contribution in [0.3, 0.4) is 0 Å². The Morgan fingerprint density at radius 1 is 0.391 bits per heavy atom. The first-order chi connectivity index (χ1) is 22.8. The molecule has 0 amide bonds. The van der Waals surface area contributed by atoms with E-state index in [0.29, 0.717) is 0 Å². The van der Waals surface area contributed by atoms with E-state index in [-0.39, 0.29) is 5.41 Å². The summed E-state index contributed by atoms with van der Waals surface area (Å²) in [5.74, 6) is 1.85. The van der Waals surface area contributed by atoms with Gasteiger partial charge in [-0.1, -0.05) is 146 Å². The molecule has 2 aliphatic carbocycles. The highest BCUT2D eigenvalue weighted by Gasteiger charge is 2.52. The zero-order valence-corrected chi connectivity index (χ0v) is 24.9. The number of fused-ring (bicyclic) bond motifs is 14. The number of hydrogen-bond acceptors (Lipinski definition) is 1. The Labute approximate surface area is 267 Å². The molecule has 1 atom stereocenters. The molecule has 8 aromatic carbocycles. The number of hydrogen-bond donors (Lipinski definition) is 0. The maximum atomic E-state index is 6.75. The molecule has 1 aliphatic heterocycles. The first kappa shape index (κ1) is 24.4. The third-order valence-corrected chi connectivity index (χ3v) is 10.7. The molecule has 0 N–H and O–H groups in total. The number of rotatable bonds is 1. The van der Waals surface area contributed by atoms with Crippen LogP contribution >= 0.6 is 0 Å². The second kappa shape index (κ2) is 8.62. The summed E-state index contributed by atoms with van der Waals surface area (Å²) < 4.78 is 6.75. The fourth-order valence-corrected chi connectivity index (χ4v) is 8.89. The van der Waals surface area contributed by atoms with Gasteiger partial charge in [-0.15, -0.1) is 0 Å². The van der Waals surface area contributed by atoms with Gasteiger partial charge in [0.05, 0.1) is 5.41 Å². The molecular weight excluding hydrogens is 556 g/mol. The van der Waals surface area contributed by atoms with Gasteiger partial charge in [-0.25, -0.2) is 0 Å². The van der Waals surface area contributed by atoms with E-state index in [0.717, 1.165) is 22.6 Å². The fraction of sp³-hybridized carbons (Fsp3) is 0.0222. The Morgan fingerprint density at radius 2 is 1.02 bits per heavy atom. The normalized spacial score (nSPS) is 16.1. The lowest BCUT2D eigenvalue weighted by Gasteiger charge is -2.30. The van der Waals surface area contributed by atoms with E-state index < -0.39 is 0 Å². The maximum absolute atomic E-state index is 6.75. The number of para-hydroxylation sites is 1. The van der Waals surface area contributed by atoms with E-state index in [1.54, 1.807) is 0 Å². The van der Waals surface area contributed by atoms with Crippen LogP contribution in [0.25, 0.3) is 66.1 Å². The SMILES string of the molecule is c1ccc2c(c1)-c1cc(-c3cccc4c3Oc3cccc5cccc-4c35)ccc1C21c2ccccc2-c2c1ccc1ccccc21. The van der Waals surface area contributed by atoms with E-state index in [1.807, 2.05) is 0 Å². The van der Waals surface area contributed by atoms with Gasteiger partial charge in [0, 0.05) is 16.5 Å². The number of benzene rings is 8. The molecule has 1 heteroatoms. The zero-order valence-electron chi connectivity index (χ0n) is 24.9. The van der Waals surface area contributed by atoms with Gasteiger partial charge in [-0.3, -0.25) is 0 Å². The van der Waals surface area contributed by atoms with Crippen molar-refractivity contribution in [3.05, 3.63) is 180 Å². The molecule has 1 heterocycles. The molecule has 3 aliphatic rings. The van der Waals surface area contributed by atoms with Crippen molar-refractivity contribution in [2.75, 3.05) is 0 Å². The smallest absolute Gasteiger partial charge is 0.143 e. The molecule has 1 spiro atoms.